The molecular weight excluding hydrogens is 180 g/mol. The first-order valence-corrected chi connectivity index (χ1v) is 4.68. The first kappa shape index (κ1) is 10.8. The Morgan fingerprint density at radius 3 is 2.93 bits per heavy atom. The van der Waals surface area contributed by atoms with Crippen molar-refractivity contribution in [3.8, 4) is 0 Å². The molecule has 0 spiro atoms. The molecule has 0 aliphatic heterocycles. The minimum Gasteiger partial charge on any atom is -0.469 e. The van der Waals surface area contributed by atoms with E-state index < -0.39 is 0 Å². The average molecular weight is 196 g/mol. The molecule has 78 valence electrons. The molecule has 1 aromatic heterocycles. The molecular formula is C10H16N2O2. The molecule has 0 saturated heterocycles. The Hall–Kier alpha value is -1.29. The fourth-order valence-electron chi connectivity index (χ4n) is 1.08. The van der Waals surface area contributed by atoms with E-state index in [2.05, 4.69) is 5.32 Å². The maximum absolute atomic E-state index is 11.4. The smallest absolute Gasteiger partial charge is 0.254 e. The summed E-state index contributed by atoms with van der Waals surface area (Å²) in [7, 11) is 0. The van der Waals surface area contributed by atoms with Crippen molar-refractivity contribution in [3.05, 3.63) is 23.7 Å². The predicted octanol–water partition coefficient (Wildman–Crippen LogP) is 1.06. The highest BCUT2D eigenvalue weighted by Crippen LogP contribution is 2.05. The monoisotopic (exact) mass is 196 g/mol. The lowest BCUT2D eigenvalue weighted by atomic mass is 10.2. The lowest BCUT2D eigenvalue weighted by Gasteiger charge is -2.05. The van der Waals surface area contributed by atoms with Crippen LogP contribution in [0.5, 0.6) is 0 Å². The zero-order chi connectivity index (χ0) is 10.6. The van der Waals surface area contributed by atoms with E-state index in [0.29, 0.717) is 12.1 Å². The van der Waals surface area contributed by atoms with Crippen LogP contribution in [-0.2, 0) is 0 Å². The second kappa shape index (κ2) is 4.81. The zero-order valence-corrected chi connectivity index (χ0v) is 8.54. The molecule has 1 unspecified atom stereocenters. The quantitative estimate of drug-likeness (QED) is 0.756. The number of rotatable bonds is 4. The number of aryl methyl sites for hydroxylation is 1. The molecule has 1 amide bonds. The molecule has 0 bridgehead atoms. The van der Waals surface area contributed by atoms with Crippen molar-refractivity contribution >= 4 is 5.91 Å². The van der Waals surface area contributed by atoms with Crippen LogP contribution in [0.15, 0.2) is 16.7 Å². The predicted molar refractivity (Wildman–Crippen MR) is 54.0 cm³/mol. The highest BCUT2D eigenvalue weighted by molar-refractivity contribution is 5.93. The van der Waals surface area contributed by atoms with E-state index in [1.165, 1.54) is 6.26 Å². The Labute approximate surface area is 83.5 Å². The van der Waals surface area contributed by atoms with Gasteiger partial charge in [-0.05, 0) is 26.3 Å². The van der Waals surface area contributed by atoms with E-state index >= 15 is 0 Å². The lowest BCUT2D eigenvalue weighted by Crippen LogP contribution is -2.28. The fraction of sp³-hybridized carbons (Fsp3) is 0.500. The number of nitrogens with one attached hydrogen (secondary N) is 1. The van der Waals surface area contributed by atoms with Crippen molar-refractivity contribution in [2.24, 2.45) is 5.73 Å². The Kier molecular flexibility index (Phi) is 3.71. The van der Waals surface area contributed by atoms with Gasteiger partial charge in [0.15, 0.2) is 0 Å². The SMILES string of the molecule is Cc1cc(C(=O)NCCC(C)N)co1. The summed E-state index contributed by atoms with van der Waals surface area (Å²) < 4.78 is 5.03. The standard InChI is InChI=1S/C10H16N2O2/c1-7(11)3-4-12-10(13)9-5-8(2)14-6-9/h5-7H,3-4,11H2,1-2H3,(H,12,13). The van der Waals surface area contributed by atoms with Gasteiger partial charge in [0.05, 0.1) is 5.56 Å². The number of furan rings is 1. The number of carbonyl (C=O) groups excluding carboxylic acids is 1. The van der Waals surface area contributed by atoms with Gasteiger partial charge in [-0.1, -0.05) is 0 Å². The van der Waals surface area contributed by atoms with Crippen molar-refractivity contribution in [1.82, 2.24) is 5.32 Å². The third-order valence-corrected chi connectivity index (χ3v) is 1.88. The molecule has 14 heavy (non-hydrogen) atoms. The molecule has 3 N–H and O–H groups in total. The van der Waals surface area contributed by atoms with Crippen LogP contribution in [0.2, 0.25) is 0 Å². The van der Waals surface area contributed by atoms with Crippen LogP contribution in [0.25, 0.3) is 0 Å². The minimum atomic E-state index is -0.109. The van der Waals surface area contributed by atoms with Gasteiger partial charge < -0.3 is 15.5 Å². The van der Waals surface area contributed by atoms with Gasteiger partial charge in [0.1, 0.15) is 12.0 Å². The molecule has 1 rings (SSSR count). The van der Waals surface area contributed by atoms with E-state index in [1.807, 2.05) is 6.92 Å². The molecule has 0 aliphatic rings. The van der Waals surface area contributed by atoms with Gasteiger partial charge in [0, 0.05) is 12.6 Å². The first-order valence-electron chi connectivity index (χ1n) is 4.68. The number of nitrogens with two attached hydrogens (primary N) is 1. The summed E-state index contributed by atoms with van der Waals surface area (Å²) in [6.45, 7) is 4.31. The number of carbonyl (C=O) groups is 1. The molecule has 0 saturated carbocycles. The van der Waals surface area contributed by atoms with Crippen LogP contribution in [0.4, 0.5) is 0 Å². The van der Waals surface area contributed by atoms with Crippen LogP contribution < -0.4 is 11.1 Å². The highest BCUT2D eigenvalue weighted by Gasteiger charge is 2.07. The molecule has 0 radical (unpaired) electrons. The van der Waals surface area contributed by atoms with E-state index in [-0.39, 0.29) is 11.9 Å². The van der Waals surface area contributed by atoms with E-state index in [9.17, 15) is 4.79 Å². The highest BCUT2D eigenvalue weighted by atomic mass is 16.3. The van der Waals surface area contributed by atoms with E-state index in [0.717, 1.165) is 12.2 Å². The maximum atomic E-state index is 11.4. The molecule has 0 fully saturated rings. The number of hydrogen-bond acceptors (Lipinski definition) is 3. The third kappa shape index (κ3) is 3.22. The molecule has 1 atom stereocenters. The van der Waals surface area contributed by atoms with Crippen LogP contribution in [0, 0.1) is 6.92 Å². The summed E-state index contributed by atoms with van der Waals surface area (Å²) in [4.78, 5) is 11.4. The largest absolute Gasteiger partial charge is 0.469 e. The van der Waals surface area contributed by atoms with Crippen LogP contribution >= 0.6 is 0 Å². The molecule has 0 aliphatic carbocycles. The molecule has 0 aromatic carbocycles. The molecule has 1 aromatic rings. The van der Waals surface area contributed by atoms with E-state index in [1.54, 1.807) is 13.0 Å². The van der Waals surface area contributed by atoms with Crippen LogP contribution in [-0.4, -0.2) is 18.5 Å². The van der Waals surface area contributed by atoms with Crippen molar-refractivity contribution in [3.63, 3.8) is 0 Å². The van der Waals surface area contributed by atoms with Crippen molar-refractivity contribution in [1.29, 1.82) is 0 Å². The topological polar surface area (TPSA) is 68.3 Å². The second-order valence-corrected chi connectivity index (χ2v) is 3.47. The fourth-order valence-corrected chi connectivity index (χ4v) is 1.08. The Bertz CT molecular complexity index is 305. The number of amides is 1. The van der Waals surface area contributed by atoms with Crippen molar-refractivity contribution < 1.29 is 9.21 Å². The Morgan fingerprint density at radius 1 is 1.71 bits per heavy atom. The summed E-state index contributed by atoms with van der Waals surface area (Å²) in [5.41, 5.74) is 6.11. The second-order valence-electron chi connectivity index (χ2n) is 3.47. The van der Waals surface area contributed by atoms with E-state index in [4.69, 9.17) is 10.2 Å². The average Bonchev–Trinajstić information content (AvgIpc) is 2.51. The molecule has 4 heteroatoms. The normalized spacial score (nSPS) is 12.5. The van der Waals surface area contributed by atoms with Gasteiger partial charge in [-0.3, -0.25) is 4.79 Å². The summed E-state index contributed by atoms with van der Waals surface area (Å²) >= 11 is 0. The maximum Gasteiger partial charge on any atom is 0.254 e. The summed E-state index contributed by atoms with van der Waals surface area (Å²) in [6, 6.07) is 1.82. The van der Waals surface area contributed by atoms with Crippen LogP contribution in [0.1, 0.15) is 29.5 Å². The van der Waals surface area contributed by atoms with Crippen LogP contribution in [0.3, 0.4) is 0 Å². The molecule has 1 heterocycles. The van der Waals surface area contributed by atoms with Gasteiger partial charge in [0.25, 0.3) is 5.91 Å². The summed E-state index contributed by atoms with van der Waals surface area (Å²) in [6.07, 6.45) is 2.24. The van der Waals surface area contributed by atoms with Crippen molar-refractivity contribution in [2.75, 3.05) is 6.54 Å². The Balaban J connectivity index is 2.36. The van der Waals surface area contributed by atoms with Crippen molar-refractivity contribution in [2.45, 2.75) is 26.3 Å². The number of hydrogen-bond donors (Lipinski definition) is 2. The van der Waals surface area contributed by atoms with Gasteiger partial charge in [0.2, 0.25) is 0 Å². The van der Waals surface area contributed by atoms with Gasteiger partial charge in [-0.15, -0.1) is 0 Å². The summed E-state index contributed by atoms with van der Waals surface area (Å²) in [5, 5.41) is 2.76. The first-order chi connectivity index (χ1) is 6.59. The Morgan fingerprint density at radius 2 is 2.43 bits per heavy atom. The van der Waals surface area contributed by atoms with Gasteiger partial charge in [-0.2, -0.15) is 0 Å². The lowest BCUT2D eigenvalue weighted by molar-refractivity contribution is 0.0952. The van der Waals surface area contributed by atoms with Gasteiger partial charge >= 0.3 is 0 Å². The third-order valence-electron chi connectivity index (χ3n) is 1.88. The summed E-state index contributed by atoms with van der Waals surface area (Å²) in [5.74, 6) is 0.629. The molecule has 4 nitrogen and oxygen atoms in total. The van der Waals surface area contributed by atoms with Gasteiger partial charge in [-0.25, -0.2) is 0 Å². The zero-order valence-electron chi connectivity index (χ0n) is 8.54. The minimum absolute atomic E-state index is 0.109.